The zero-order chi connectivity index (χ0) is 15.1. The molecule has 0 spiro atoms. The third kappa shape index (κ3) is 2.19. The number of anilines is 1. The number of benzene rings is 2. The number of hydrogen-bond donors (Lipinski definition) is 1. The molecule has 0 saturated carbocycles. The van der Waals surface area contributed by atoms with Gasteiger partial charge in [-0.25, -0.2) is 9.37 Å². The van der Waals surface area contributed by atoms with Crippen molar-refractivity contribution in [1.29, 1.82) is 5.26 Å². The first-order valence-electron chi connectivity index (χ1n) is 5.84. The molecule has 21 heavy (non-hydrogen) atoms. The van der Waals surface area contributed by atoms with Gasteiger partial charge in [0.2, 0.25) is 5.95 Å². The van der Waals surface area contributed by atoms with Crippen molar-refractivity contribution in [2.75, 3.05) is 5.73 Å². The minimum absolute atomic E-state index is 0.0452. The predicted molar refractivity (Wildman–Crippen MR) is 80.2 cm³/mol. The number of nitriles is 1. The van der Waals surface area contributed by atoms with E-state index in [1.165, 1.54) is 16.7 Å². The van der Waals surface area contributed by atoms with Gasteiger partial charge in [0.25, 0.3) is 0 Å². The van der Waals surface area contributed by atoms with E-state index in [-0.39, 0.29) is 11.0 Å². The Labute approximate surface area is 129 Å². The summed E-state index contributed by atoms with van der Waals surface area (Å²) in [5, 5.41) is 9.34. The highest BCUT2D eigenvalue weighted by atomic mass is 35.5. The molecule has 4 nitrogen and oxygen atoms in total. The average Bonchev–Trinajstić information content (AvgIpc) is 2.75. The Morgan fingerprint density at radius 3 is 2.67 bits per heavy atom. The van der Waals surface area contributed by atoms with E-state index >= 15 is 0 Å². The molecular weight excluding hydrogens is 314 g/mol. The lowest BCUT2D eigenvalue weighted by Crippen LogP contribution is -2.01. The van der Waals surface area contributed by atoms with Crippen LogP contribution < -0.4 is 5.73 Å². The first kappa shape index (κ1) is 13.7. The van der Waals surface area contributed by atoms with Crippen molar-refractivity contribution in [2.45, 2.75) is 0 Å². The van der Waals surface area contributed by atoms with E-state index in [9.17, 15) is 4.39 Å². The van der Waals surface area contributed by atoms with Crippen LogP contribution in [0.25, 0.3) is 16.7 Å². The van der Waals surface area contributed by atoms with Gasteiger partial charge in [-0.05, 0) is 24.3 Å². The molecule has 1 heterocycles. The Hall–Kier alpha value is -2.29. The Kier molecular flexibility index (Phi) is 3.20. The summed E-state index contributed by atoms with van der Waals surface area (Å²) in [5.74, 6) is -0.450. The van der Waals surface area contributed by atoms with Crippen LogP contribution in [0.15, 0.2) is 30.3 Å². The van der Waals surface area contributed by atoms with E-state index in [0.717, 1.165) is 0 Å². The summed E-state index contributed by atoms with van der Waals surface area (Å²) < 4.78 is 15.0. The SMILES string of the molecule is N#Cc1ccc(Cl)c(-n2c(N)nc3cc(F)c(Cl)cc32)c1. The highest BCUT2D eigenvalue weighted by Crippen LogP contribution is 2.31. The van der Waals surface area contributed by atoms with Crippen LogP contribution in [0, 0.1) is 17.1 Å². The maximum Gasteiger partial charge on any atom is 0.205 e. The van der Waals surface area contributed by atoms with E-state index in [1.807, 2.05) is 6.07 Å². The molecule has 0 atom stereocenters. The minimum atomic E-state index is -0.578. The van der Waals surface area contributed by atoms with E-state index in [2.05, 4.69) is 4.98 Å². The zero-order valence-electron chi connectivity index (χ0n) is 10.4. The van der Waals surface area contributed by atoms with Gasteiger partial charge in [0.1, 0.15) is 5.82 Å². The van der Waals surface area contributed by atoms with Gasteiger partial charge in [-0.2, -0.15) is 5.26 Å². The van der Waals surface area contributed by atoms with Gasteiger partial charge in [-0.1, -0.05) is 23.2 Å². The van der Waals surface area contributed by atoms with Crippen LogP contribution in [0.2, 0.25) is 10.0 Å². The average molecular weight is 321 g/mol. The monoisotopic (exact) mass is 320 g/mol. The summed E-state index contributed by atoms with van der Waals surface area (Å²) in [6.45, 7) is 0. The van der Waals surface area contributed by atoms with Crippen LogP contribution >= 0.6 is 23.2 Å². The molecule has 0 bridgehead atoms. The van der Waals surface area contributed by atoms with Gasteiger partial charge in [-0.15, -0.1) is 0 Å². The Bertz CT molecular complexity index is 911. The lowest BCUT2D eigenvalue weighted by molar-refractivity contribution is 0.630. The lowest BCUT2D eigenvalue weighted by atomic mass is 10.2. The maximum atomic E-state index is 13.5. The van der Waals surface area contributed by atoms with Crippen molar-refractivity contribution in [3.8, 4) is 11.8 Å². The highest BCUT2D eigenvalue weighted by Gasteiger charge is 2.15. The van der Waals surface area contributed by atoms with Crippen LogP contribution in [0.4, 0.5) is 10.3 Å². The molecule has 104 valence electrons. The van der Waals surface area contributed by atoms with Crippen molar-refractivity contribution < 1.29 is 4.39 Å². The standard InChI is InChI=1S/C14H7Cl2FN4/c15-8-2-1-7(6-18)3-12(8)21-13-4-9(16)10(17)5-11(13)20-14(21)19/h1-5H,(H2,19,20). The van der Waals surface area contributed by atoms with Gasteiger partial charge in [0.05, 0.1) is 38.4 Å². The van der Waals surface area contributed by atoms with Crippen molar-refractivity contribution in [3.05, 3.63) is 51.8 Å². The Morgan fingerprint density at radius 1 is 1.19 bits per heavy atom. The molecule has 1 aromatic heterocycles. The summed E-state index contributed by atoms with van der Waals surface area (Å²) in [4.78, 5) is 4.09. The van der Waals surface area contributed by atoms with Crippen molar-refractivity contribution in [1.82, 2.24) is 9.55 Å². The van der Waals surface area contributed by atoms with E-state index in [1.54, 1.807) is 18.2 Å². The molecular formula is C14H7Cl2FN4. The van der Waals surface area contributed by atoms with Crippen LogP contribution in [0.1, 0.15) is 5.56 Å². The normalized spacial score (nSPS) is 10.8. The summed E-state index contributed by atoms with van der Waals surface area (Å²) in [5.41, 5.74) is 7.66. The number of hydrogen-bond acceptors (Lipinski definition) is 3. The van der Waals surface area contributed by atoms with E-state index in [4.69, 9.17) is 34.2 Å². The number of imidazole rings is 1. The summed E-state index contributed by atoms with van der Waals surface area (Å²) in [6.07, 6.45) is 0. The topological polar surface area (TPSA) is 67.6 Å². The molecule has 0 aliphatic heterocycles. The molecule has 0 aliphatic carbocycles. The van der Waals surface area contributed by atoms with Crippen molar-refractivity contribution in [3.63, 3.8) is 0 Å². The van der Waals surface area contributed by atoms with Gasteiger partial charge in [0.15, 0.2) is 0 Å². The van der Waals surface area contributed by atoms with Gasteiger partial charge in [-0.3, -0.25) is 4.57 Å². The number of fused-ring (bicyclic) bond motifs is 1. The third-order valence-corrected chi connectivity index (χ3v) is 3.65. The number of nitrogens with two attached hydrogens (primary N) is 1. The fourth-order valence-corrected chi connectivity index (χ4v) is 2.46. The molecule has 3 aromatic rings. The number of rotatable bonds is 1. The smallest absolute Gasteiger partial charge is 0.205 e. The summed E-state index contributed by atoms with van der Waals surface area (Å²) >= 11 is 12.0. The van der Waals surface area contributed by atoms with Crippen molar-refractivity contribution in [2.24, 2.45) is 0 Å². The van der Waals surface area contributed by atoms with Gasteiger partial charge < -0.3 is 5.73 Å². The number of aromatic nitrogens is 2. The molecule has 7 heteroatoms. The highest BCUT2D eigenvalue weighted by molar-refractivity contribution is 6.33. The largest absolute Gasteiger partial charge is 0.369 e. The Morgan fingerprint density at radius 2 is 1.95 bits per heavy atom. The number of nitrogens with zero attached hydrogens (tertiary/aromatic N) is 3. The molecule has 0 fully saturated rings. The van der Waals surface area contributed by atoms with Gasteiger partial charge >= 0.3 is 0 Å². The summed E-state index contributed by atoms with van der Waals surface area (Å²) in [7, 11) is 0. The molecule has 0 radical (unpaired) electrons. The molecule has 0 saturated heterocycles. The first-order valence-corrected chi connectivity index (χ1v) is 6.60. The van der Waals surface area contributed by atoms with Crippen LogP contribution in [0.3, 0.4) is 0 Å². The second-order valence-corrected chi connectivity index (χ2v) is 5.15. The fraction of sp³-hybridized carbons (Fsp3) is 0. The van der Waals surface area contributed by atoms with Crippen molar-refractivity contribution >= 4 is 40.2 Å². The fourth-order valence-electron chi connectivity index (χ4n) is 2.10. The zero-order valence-corrected chi connectivity index (χ0v) is 12.0. The van der Waals surface area contributed by atoms with E-state index in [0.29, 0.717) is 27.3 Å². The van der Waals surface area contributed by atoms with Crippen LogP contribution in [-0.2, 0) is 0 Å². The molecule has 0 amide bonds. The minimum Gasteiger partial charge on any atom is -0.369 e. The Balaban J connectivity index is 2.38. The predicted octanol–water partition coefficient (Wildman–Crippen LogP) is 3.93. The lowest BCUT2D eigenvalue weighted by Gasteiger charge is -2.09. The molecule has 0 unspecified atom stereocenters. The number of nitrogen functional groups attached to an aromatic ring is 1. The molecule has 3 rings (SSSR count). The second-order valence-electron chi connectivity index (χ2n) is 4.34. The van der Waals surface area contributed by atoms with Crippen LogP contribution in [-0.4, -0.2) is 9.55 Å². The molecule has 2 N–H and O–H groups in total. The second kappa shape index (κ2) is 4.92. The quantitative estimate of drug-likeness (QED) is 0.738. The third-order valence-electron chi connectivity index (χ3n) is 3.04. The molecule has 2 aromatic carbocycles. The first-order chi connectivity index (χ1) is 10.0. The van der Waals surface area contributed by atoms with E-state index < -0.39 is 5.82 Å². The summed E-state index contributed by atoms with van der Waals surface area (Å²) in [6, 6.07) is 9.41. The van der Waals surface area contributed by atoms with Crippen LogP contribution in [0.5, 0.6) is 0 Å². The van der Waals surface area contributed by atoms with Gasteiger partial charge in [0, 0.05) is 6.07 Å². The maximum absolute atomic E-state index is 13.5. The number of halogens is 3. The molecule has 0 aliphatic rings.